The number of urea groups is 1. The number of hydrogen-bond donors (Lipinski definition) is 3. The van der Waals surface area contributed by atoms with Gasteiger partial charge in [0.15, 0.2) is 0 Å². The molecule has 1 atom stereocenters. The van der Waals surface area contributed by atoms with Gasteiger partial charge in [0, 0.05) is 24.8 Å². The molecule has 0 spiro atoms. The van der Waals surface area contributed by atoms with Gasteiger partial charge < -0.3 is 16.4 Å². The lowest BCUT2D eigenvalue weighted by Gasteiger charge is -2.33. The Hall–Kier alpha value is -2.57. The quantitative estimate of drug-likeness (QED) is 0.737. The first kappa shape index (κ1) is 19.2. The molecular weight excluding hydrogens is 364 g/mol. The summed E-state index contributed by atoms with van der Waals surface area (Å²) in [6.07, 6.45) is 1.98. The molecule has 0 bridgehead atoms. The zero-order valence-corrected chi connectivity index (χ0v) is 15.7. The fourth-order valence-electron chi connectivity index (χ4n) is 3.30. The first-order chi connectivity index (χ1) is 13.0. The standard InChI is InChI=1S/C20H23ClN4O2/c21-18-11-15(8-9-17(18)19(22)26)23-20(27)24-16-7-4-10-25(13-16)12-14-5-2-1-3-6-14/h1-3,5-6,8-9,11,16H,4,7,10,12-13H2,(H2,22,26)(H2,23,24,27)/t16-/m1/s1. The van der Waals surface area contributed by atoms with Gasteiger partial charge in [0.2, 0.25) is 5.91 Å². The van der Waals surface area contributed by atoms with E-state index in [0.717, 1.165) is 32.5 Å². The van der Waals surface area contributed by atoms with Crippen molar-refractivity contribution in [3.63, 3.8) is 0 Å². The van der Waals surface area contributed by atoms with E-state index < -0.39 is 5.91 Å². The smallest absolute Gasteiger partial charge is 0.319 e. The second kappa shape index (κ2) is 8.88. The third kappa shape index (κ3) is 5.45. The minimum Gasteiger partial charge on any atom is -0.366 e. The fourth-order valence-corrected chi connectivity index (χ4v) is 3.58. The SMILES string of the molecule is NC(=O)c1ccc(NC(=O)N[C@@H]2CCCN(Cc3ccccc3)C2)cc1Cl. The van der Waals surface area contributed by atoms with Gasteiger partial charge in [0.05, 0.1) is 10.6 Å². The van der Waals surface area contributed by atoms with Crippen LogP contribution in [0.15, 0.2) is 48.5 Å². The van der Waals surface area contributed by atoms with E-state index in [-0.39, 0.29) is 22.7 Å². The van der Waals surface area contributed by atoms with Crippen molar-refractivity contribution in [1.82, 2.24) is 10.2 Å². The third-order valence-electron chi connectivity index (χ3n) is 4.58. The van der Waals surface area contributed by atoms with E-state index in [1.165, 1.54) is 17.7 Å². The van der Waals surface area contributed by atoms with Gasteiger partial charge in [-0.25, -0.2) is 4.79 Å². The van der Waals surface area contributed by atoms with Crippen LogP contribution in [0.25, 0.3) is 0 Å². The second-order valence-corrected chi connectivity index (χ2v) is 7.12. The summed E-state index contributed by atoms with van der Waals surface area (Å²) in [6.45, 7) is 2.72. The van der Waals surface area contributed by atoms with Crippen LogP contribution < -0.4 is 16.4 Å². The molecule has 1 heterocycles. The molecule has 27 heavy (non-hydrogen) atoms. The number of halogens is 1. The fraction of sp³-hybridized carbons (Fsp3) is 0.300. The molecule has 142 valence electrons. The van der Waals surface area contributed by atoms with E-state index >= 15 is 0 Å². The Morgan fingerprint density at radius 2 is 1.96 bits per heavy atom. The van der Waals surface area contributed by atoms with Gasteiger partial charge in [-0.1, -0.05) is 41.9 Å². The summed E-state index contributed by atoms with van der Waals surface area (Å²) in [7, 11) is 0. The first-order valence-corrected chi connectivity index (χ1v) is 9.32. The van der Waals surface area contributed by atoms with E-state index in [2.05, 4.69) is 27.7 Å². The highest BCUT2D eigenvalue weighted by molar-refractivity contribution is 6.34. The molecule has 3 amide bonds. The van der Waals surface area contributed by atoms with Crippen molar-refractivity contribution in [1.29, 1.82) is 0 Å². The lowest BCUT2D eigenvalue weighted by Crippen LogP contribution is -2.48. The van der Waals surface area contributed by atoms with Crippen LogP contribution in [-0.4, -0.2) is 36.0 Å². The highest BCUT2D eigenvalue weighted by Crippen LogP contribution is 2.21. The Balaban J connectivity index is 1.53. The summed E-state index contributed by atoms with van der Waals surface area (Å²) in [5.41, 5.74) is 7.24. The summed E-state index contributed by atoms with van der Waals surface area (Å²) in [4.78, 5) is 25.9. The number of primary amides is 1. The predicted molar refractivity (Wildman–Crippen MR) is 107 cm³/mol. The number of carbonyl (C=O) groups excluding carboxylic acids is 2. The van der Waals surface area contributed by atoms with E-state index in [4.69, 9.17) is 17.3 Å². The number of amides is 3. The van der Waals surface area contributed by atoms with Gasteiger partial charge in [0.1, 0.15) is 0 Å². The molecule has 1 fully saturated rings. The van der Waals surface area contributed by atoms with Gasteiger partial charge in [0.25, 0.3) is 0 Å². The van der Waals surface area contributed by atoms with Crippen LogP contribution in [0.5, 0.6) is 0 Å². The van der Waals surface area contributed by atoms with Crippen molar-refractivity contribution >= 4 is 29.2 Å². The van der Waals surface area contributed by atoms with E-state index in [1.54, 1.807) is 6.07 Å². The highest BCUT2D eigenvalue weighted by atomic mass is 35.5. The van der Waals surface area contributed by atoms with Gasteiger partial charge in [-0.2, -0.15) is 0 Å². The maximum atomic E-state index is 12.3. The first-order valence-electron chi connectivity index (χ1n) is 8.94. The van der Waals surface area contributed by atoms with Crippen LogP contribution in [0.3, 0.4) is 0 Å². The molecule has 2 aromatic carbocycles. The van der Waals surface area contributed by atoms with Crippen molar-refractivity contribution in [3.8, 4) is 0 Å². The molecule has 2 aromatic rings. The molecule has 0 radical (unpaired) electrons. The molecule has 1 aliphatic heterocycles. The number of rotatable bonds is 5. The number of likely N-dealkylation sites (tertiary alicyclic amines) is 1. The molecule has 0 saturated carbocycles. The van der Waals surface area contributed by atoms with Crippen LogP contribution >= 0.6 is 11.6 Å². The zero-order valence-electron chi connectivity index (χ0n) is 15.0. The summed E-state index contributed by atoms with van der Waals surface area (Å²) in [5.74, 6) is -0.600. The topological polar surface area (TPSA) is 87.5 Å². The average molecular weight is 387 g/mol. The number of hydrogen-bond acceptors (Lipinski definition) is 3. The van der Waals surface area contributed by atoms with Crippen LogP contribution in [0.2, 0.25) is 5.02 Å². The number of piperidine rings is 1. The van der Waals surface area contributed by atoms with Gasteiger partial charge in [-0.05, 0) is 43.1 Å². The number of anilines is 1. The third-order valence-corrected chi connectivity index (χ3v) is 4.89. The Morgan fingerprint density at radius 1 is 1.19 bits per heavy atom. The number of carbonyl (C=O) groups is 2. The number of benzene rings is 2. The summed E-state index contributed by atoms with van der Waals surface area (Å²) < 4.78 is 0. The van der Waals surface area contributed by atoms with Crippen molar-refractivity contribution in [2.75, 3.05) is 18.4 Å². The van der Waals surface area contributed by atoms with Crippen molar-refractivity contribution in [2.45, 2.75) is 25.4 Å². The van der Waals surface area contributed by atoms with E-state index in [0.29, 0.717) is 5.69 Å². The molecule has 6 nitrogen and oxygen atoms in total. The summed E-state index contributed by atoms with van der Waals surface area (Å²) >= 11 is 6.02. The van der Waals surface area contributed by atoms with Crippen molar-refractivity contribution in [3.05, 3.63) is 64.7 Å². The van der Waals surface area contributed by atoms with Gasteiger partial charge in [-0.15, -0.1) is 0 Å². The predicted octanol–water partition coefficient (Wildman–Crippen LogP) is 3.23. The molecular formula is C20H23ClN4O2. The van der Waals surface area contributed by atoms with E-state index in [1.807, 2.05) is 18.2 Å². The number of nitrogens with one attached hydrogen (secondary N) is 2. The van der Waals surface area contributed by atoms with Crippen LogP contribution in [-0.2, 0) is 6.54 Å². The highest BCUT2D eigenvalue weighted by Gasteiger charge is 2.21. The molecule has 4 N–H and O–H groups in total. The normalized spacial score (nSPS) is 17.3. The Bertz CT molecular complexity index is 813. The summed E-state index contributed by atoms with van der Waals surface area (Å²) in [5, 5.41) is 5.98. The van der Waals surface area contributed by atoms with Gasteiger partial charge in [-0.3, -0.25) is 9.69 Å². The number of nitrogens with two attached hydrogens (primary N) is 1. The molecule has 0 aliphatic carbocycles. The van der Waals surface area contributed by atoms with E-state index in [9.17, 15) is 9.59 Å². The number of nitrogens with zero attached hydrogens (tertiary/aromatic N) is 1. The van der Waals surface area contributed by atoms with Crippen LogP contribution in [0.1, 0.15) is 28.8 Å². The Labute approximate surface area is 163 Å². The minimum atomic E-state index is -0.600. The van der Waals surface area contributed by atoms with Gasteiger partial charge >= 0.3 is 6.03 Å². The largest absolute Gasteiger partial charge is 0.366 e. The zero-order chi connectivity index (χ0) is 19.2. The van der Waals surface area contributed by atoms with Crippen molar-refractivity contribution in [2.24, 2.45) is 5.73 Å². The maximum Gasteiger partial charge on any atom is 0.319 e. The molecule has 0 aromatic heterocycles. The minimum absolute atomic E-state index is 0.0860. The van der Waals surface area contributed by atoms with Crippen LogP contribution in [0.4, 0.5) is 10.5 Å². The molecule has 1 aliphatic rings. The molecule has 0 unspecified atom stereocenters. The molecule has 1 saturated heterocycles. The monoisotopic (exact) mass is 386 g/mol. The van der Waals surface area contributed by atoms with Crippen molar-refractivity contribution < 1.29 is 9.59 Å². The Kier molecular flexibility index (Phi) is 6.32. The average Bonchev–Trinajstić information content (AvgIpc) is 2.62. The lowest BCUT2D eigenvalue weighted by molar-refractivity contribution is 0.100. The molecule has 3 rings (SSSR count). The maximum absolute atomic E-state index is 12.3. The molecule has 7 heteroatoms. The lowest BCUT2D eigenvalue weighted by atomic mass is 10.0. The summed E-state index contributed by atoms with van der Waals surface area (Å²) in [6, 6.07) is 14.7. The second-order valence-electron chi connectivity index (χ2n) is 6.72. The Morgan fingerprint density at radius 3 is 2.67 bits per heavy atom. The van der Waals surface area contributed by atoms with Crippen LogP contribution in [0, 0.1) is 0 Å².